The van der Waals surface area contributed by atoms with Crippen LogP contribution in [0.5, 0.6) is 0 Å². The molecule has 0 unspecified atom stereocenters. The molecule has 0 aliphatic carbocycles. The van der Waals surface area contributed by atoms with Crippen molar-refractivity contribution in [3.05, 3.63) is 53.7 Å². The van der Waals surface area contributed by atoms with Crippen molar-refractivity contribution in [2.24, 2.45) is 0 Å². The molecule has 1 aromatic carbocycles. The van der Waals surface area contributed by atoms with Crippen molar-refractivity contribution in [2.75, 3.05) is 18.6 Å². The normalized spacial score (nSPS) is 13.2. The minimum absolute atomic E-state index is 0.313. The highest BCUT2D eigenvalue weighted by molar-refractivity contribution is 5.89. The average molecular weight is 254 g/mol. The molecule has 0 spiro atoms. The molecule has 1 aromatic heterocycles. The predicted molar refractivity (Wildman–Crippen MR) is 72.7 cm³/mol. The summed E-state index contributed by atoms with van der Waals surface area (Å²) in [5.41, 5.74) is 2.87. The Kier molecular flexibility index (Phi) is 2.91. The second-order valence-corrected chi connectivity index (χ2v) is 4.43. The minimum Gasteiger partial charge on any atom is -0.465 e. The lowest BCUT2D eigenvalue weighted by Crippen LogP contribution is -2.14. The van der Waals surface area contributed by atoms with Gasteiger partial charge in [-0.15, -0.1) is 0 Å². The predicted octanol–water partition coefficient (Wildman–Crippen LogP) is 2.56. The first-order chi connectivity index (χ1) is 9.29. The van der Waals surface area contributed by atoms with Gasteiger partial charge >= 0.3 is 5.97 Å². The number of nitrogens with zero attached hydrogens (tertiary/aromatic N) is 2. The molecule has 0 saturated heterocycles. The molecule has 0 atom stereocenters. The van der Waals surface area contributed by atoms with Crippen molar-refractivity contribution in [3.8, 4) is 0 Å². The Morgan fingerprint density at radius 1 is 1.26 bits per heavy atom. The molecule has 4 heteroatoms. The molecule has 0 saturated carbocycles. The van der Waals surface area contributed by atoms with E-state index in [2.05, 4.69) is 16.0 Å². The minimum atomic E-state index is -0.313. The summed E-state index contributed by atoms with van der Waals surface area (Å²) in [5.74, 6) is 0.694. The summed E-state index contributed by atoms with van der Waals surface area (Å²) in [6.45, 7) is 0.921. The van der Waals surface area contributed by atoms with Gasteiger partial charge < -0.3 is 9.64 Å². The Bertz CT molecular complexity index is 608. The number of hydrogen-bond acceptors (Lipinski definition) is 4. The Morgan fingerprint density at radius 2 is 2.05 bits per heavy atom. The first kappa shape index (κ1) is 11.7. The SMILES string of the molecule is COC(=O)c1ccc(N2CCc3cccnc32)cc1. The number of ether oxygens (including phenoxy) is 1. The molecule has 3 rings (SSSR count). The third-order valence-electron chi connectivity index (χ3n) is 3.33. The lowest BCUT2D eigenvalue weighted by atomic mass is 10.2. The second-order valence-electron chi connectivity index (χ2n) is 4.43. The quantitative estimate of drug-likeness (QED) is 0.772. The molecule has 96 valence electrons. The Hall–Kier alpha value is -2.36. The first-order valence-electron chi connectivity index (χ1n) is 6.19. The van der Waals surface area contributed by atoms with Crippen LogP contribution in [0.4, 0.5) is 11.5 Å². The van der Waals surface area contributed by atoms with E-state index in [-0.39, 0.29) is 5.97 Å². The number of benzene rings is 1. The van der Waals surface area contributed by atoms with E-state index in [1.807, 2.05) is 18.2 Å². The molecule has 0 fully saturated rings. The molecule has 0 bridgehead atoms. The number of methoxy groups -OCH3 is 1. The van der Waals surface area contributed by atoms with Gasteiger partial charge in [0.2, 0.25) is 0 Å². The van der Waals surface area contributed by atoms with Crippen molar-refractivity contribution >= 4 is 17.5 Å². The van der Waals surface area contributed by atoms with Crippen LogP contribution in [0.15, 0.2) is 42.6 Å². The summed E-state index contributed by atoms with van der Waals surface area (Å²) in [6, 6.07) is 11.5. The molecule has 0 radical (unpaired) electrons. The smallest absolute Gasteiger partial charge is 0.337 e. The number of carbonyl (C=O) groups is 1. The van der Waals surface area contributed by atoms with Crippen molar-refractivity contribution < 1.29 is 9.53 Å². The van der Waals surface area contributed by atoms with Crippen LogP contribution < -0.4 is 4.90 Å². The fourth-order valence-corrected chi connectivity index (χ4v) is 2.35. The highest BCUT2D eigenvalue weighted by Gasteiger charge is 2.21. The molecular formula is C15H14N2O2. The van der Waals surface area contributed by atoms with Crippen LogP contribution in [0, 0.1) is 0 Å². The summed E-state index contributed by atoms with van der Waals surface area (Å²) in [4.78, 5) is 18.0. The number of hydrogen-bond donors (Lipinski definition) is 0. The van der Waals surface area contributed by atoms with Gasteiger partial charge in [0.25, 0.3) is 0 Å². The fraction of sp³-hybridized carbons (Fsp3) is 0.200. The van der Waals surface area contributed by atoms with Gasteiger partial charge in [-0.2, -0.15) is 0 Å². The third kappa shape index (κ3) is 2.05. The zero-order valence-electron chi connectivity index (χ0n) is 10.7. The number of carbonyl (C=O) groups excluding carboxylic acids is 1. The van der Waals surface area contributed by atoms with Crippen LogP contribution in [-0.4, -0.2) is 24.6 Å². The maximum absolute atomic E-state index is 11.4. The topological polar surface area (TPSA) is 42.4 Å². The van der Waals surface area contributed by atoms with Gasteiger partial charge in [0.05, 0.1) is 12.7 Å². The maximum Gasteiger partial charge on any atom is 0.337 e. The summed E-state index contributed by atoms with van der Waals surface area (Å²) < 4.78 is 4.69. The number of fused-ring (bicyclic) bond motifs is 1. The Labute approximate surface area is 111 Å². The Balaban J connectivity index is 1.90. The van der Waals surface area contributed by atoms with Gasteiger partial charge in [0.15, 0.2) is 0 Å². The first-order valence-corrected chi connectivity index (χ1v) is 6.19. The van der Waals surface area contributed by atoms with Crippen LogP contribution in [-0.2, 0) is 11.2 Å². The summed E-state index contributed by atoms with van der Waals surface area (Å²) in [6.07, 6.45) is 2.81. The zero-order valence-corrected chi connectivity index (χ0v) is 10.7. The van der Waals surface area contributed by atoms with Crippen LogP contribution in [0.25, 0.3) is 0 Å². The monoisotopic (exact) mass is 254 g/mol. The fourth-order valence-electron chi connectivity index (χ4n) is 2.35. The van der Waals surface area contributed by atoms with E-state index >= 15 is 0 Å². The van der Waals surface area contributed by atoms with E-state index in [0.29, 0.717) is 5.56 Å². The lowest BCUT2D eigenvalue weighted by Gasteiger charge is -2.18. The van der Waals surface area contributed by atoms with Gasteiger partial charge in [-0.05, 0) is 42.3 Å². The van der Waals surface area contributed by atoms with Crippen LogP contribution in [0.3, 0.4) is 0 Å². The average Bonchev–Trinajstić information content (AvgIpc) is 2.90. The molecule has 2 heterocycles. The van der Waals surface area contributed by atoms with Gasteiger partial charge in [-0.1, -0.05) is 6.07 Å². The van der Waals surface area contributed by atoms with E-state index in [0.717, 1.165) is 24.5 Å². The number of anilines is 2. The second kappa shape index (κ2) is 4.72. The summed E-state index contributed by atoms with van der Waals surface area (Å²) >= 11 is 0. The van der Waals surface area contributed by atoms with Gasteiger partial charge in [-0.25, -0.2) is 9.78 Å². The van der Waals surface area contributed by atoms with E-state index in [1.165, 1.54) is 12.7 Å². The van der Waals surface area contributed by atoms with Gasteiger partial charge in [-0.3, -0.25) is 0 Å². The highest BCUT2D eigenvalue weighted by Crippen LogP contribution is 2.32. The van der Waals surface area contributed by atoms with E-state index < -0.39 is 0 Å². The number of aromatic nitrogens is 1. The van der Waals surface area contributed by atoms with Gasteiger partial charge in [0, 0.05) is 18.4 Å². The summed E-state index contributed by atoms with van der Waals surface area (Å²) in [7, 11) is 1.39. The van der Waals surface area contributed by atoms with E-state index in [9.17, 15) is 4.79 Å². The van der Waals surface area contributed by atoms with Crippen molar-refractivity contribution in [3.63, 3.8) is 0 Å². The van der Waals surface area contributed by atoms with Crippen molar-refractivity contribution in [1.82, 2.24) is 4.98 Å². The molecule has 0 N–H and O–H groups in total. The number of pyridine rings is 1. The Morgan fingerprint density at radius 3 is 2.79 bits per heavy atom. The molecule has 19 heavy (non-hydrogen) atoms. The highest BCUT2D eigenvalue weighted by atomic mass is 16.5. The van der Waals surface area contributed by atoms with Crippen LogP contribution >= 0.6 is 0 Å². The van der Waals surface area contributed by atoms with E-state index in [1.54, 1.807) is 18.3 Å². The standard InChI is InChI=1S/C15H14N2O2/c1-19-15(18)12-4-6-13(7-5-12)17-10-8-11-3-2-9-16-14(11)17/h2-7,9H,8,10H2,1H3. The van der Waals surface area contributed by atoms with E-state index in [4.69, 9.17) is 4.74 Å². The third-order valence-corrected chi connectivity index (χ3v) is 3.33. The maximum atomic E-state index is 11.4. The molecular weight excluding hydrogens is 240 g/mol. The zero-order chi connectivity index (χ0) is 13.2. The van der Waals surface area contributed by atoms with Crippen molar-refractivity contribution in [1.29, 1.82) is 0 Å². The van der Waals surface area contributed by atoms with Crippen LogP contribution in [0.1, 0.15) is 15.9 Å². The molecule has 4 nitrogen and oxygen atoms in total. The molecule has 0 amide bonds. The lowest BCUT2D eigenvalue weighted by molar-refractivity contribution is 0.0601. The van der Waals surface area contributed by atoms with Crippen molar-refractivity contribution in [2.45, 2.75) is 6.42 Å². The summed E-state index contributed by atoms with van der Waals surface area (Å²) in [5, 5.41) is 0. The molecule has 1 aliphatic heterocycles. The van der Waals surface area contributed by atoms with Gasteiger partial charge in [0.1, 0.15) is 5.82 Å². The molecule has 1 aliphatic rings. The number of rotatable bonds is 2. The largest absolute Gasteiger partial charge is 0.465 e. The molecule has 2 aromatic rings. The van der Waals surface area contributed by atoms with Crippen LogP contribution in [0.2, 0.25) is 0 Å². The number of esters is 1.